The van der Waals surface area contributed by atoms with E-state index in [9.17, 15) is 4.79 Å². The van der Waals surface area contributed by atoms with E-state index in [2.05, 4.69) is 0 Å². The van der Waals surface area contributed by atoms with Crippen molar-refractivity contribution >= 4 is 17.6 Å². The van der Waals surface area contributed by atoms with Gasteiger partial charge in [-0.2, -0.15) is 0 Å². The Balaban J connectivity index is 2.92. The lowest BCUT2D eigenvalue weighted by Gasteiger charge is -2.09. The summed E-state index contributed by atoms with van der Waals surface area (Å²) in [5.41, 5.74) is 1.95. The van der Waals surface area contributed by atoms with Gasteiger partial charge in [0.1, 0.15) is 5.75 Å². The van der Waals surface area contributed by atoms with Crippen LogP contribution in [0.25, 0.3) is 0 Å². The number of carboxylic acid groups (broad SMARTS) is 1. The number of rotatable bonds is 4. The zero-order valence-corrected chi connectivity index (χ0v) is 9.47. The predicted octanol–water partition coefficient (Wildman–Crippen LogP) is 2.67. The Morgan fingerprint density at radius 1 is 1.53 bits per heavy atom. The van der Waals surface area contributed by atoms with Crippen LogP contribution in [0.15, 0.2) is 12.1 Å². The van der Waals surface area contributed by atoms with Crippen molar-refractivity contribution in [3.63, 3.8) is 0 Å². The highest BCUT2D eigenvalue weighted by atomic mass is 35.5. The average Bonchev–Trinajstić information content (AvgIpc) is 2.16. The van der Waals surface area contributed by atoms with Crippen LogP contribution in [0.5, 0.6) is 5.75 Å². The third-order valence-corrected chi connectivity index (χ3v) is 2.51. The van der Waals surface area contributed by atoms with Gasteiger partial charge in [-0.3, -0.25) is 4.79 Å². The molecule has 1 aromatic carbocycles. The lowest BCUT2D eigenvalue weighted by Crippen LogP contribution is -1.99. The normalized spacial score (nSPS) is 10.1. The Morgan fingerprint density at radius 2 is 2.20 bits per heavy atom. The highest BCUT2D eigenvalue weighted by molar-refractivity contribution is 6.32. The van der Waals surface area contributed by atoms with Crippen LogP contribution in [0, 0.1) is 6.92 Å². The standard InChI is InChI=1S/C11H13ClO3/c1-7-5-9(12)10(15-2)6-8(7)3-4-11(13)14/h5-6H,3-4H2,1-2H3,(H,13,14). The molecule has 0 radical (unpaired) electrons. The van der Waals surface area contributed by atoms with Crippen molar-refractivity contribution in [2.45, 2.75) is 19.8 Å². The summed E-state index contributed by atoms with van der Waals surface area (Å²) < 4.78 is 5.07. The molecule has 0 fully saturated rings. The van der Waals surface area contributed by atoms with Crippen molar-refractivity contribution in [1.29, 1.82) is 0 Å². The maximum Gasteiger partial charge on any atom is 0.303 e. The molecular weight excluding hydrogens is 216 g/mol. The van der Waals surface area contributed by atoms with Gasteiger partial charge in [-0.25, -0.2) is 0 Å². The van der Waals surface area contributed by atoms with E-state index in [4.69, 9.17) is 21.4 Å². The Bertz CT molecular complexity index is 374. The summed E-state index contributed by atoms with van der Waals surface area (Å²) in [6.07, 6.45) is 0.611. The molecule has 1 rings (SSSR count). The molecule has 0 saturated heterocycles. The van der Waals surface area contributed by atoms with Crippen molar-refractivity contribution in [1.82, 2.24) is 0 Å². The fraction of sp³-hybridized carbons (Fsp3) is 0.364. The number of methoxy groups -OCH3 is 1. The highest BCUT2D eigenvalue weighted by Crippen LogP contribution is 2.28. The Morgan fingerprint density at radius 3 is 2.73 bits per heavy atom. The van der Waals surface area contributed by atoms with Crippen LogP contribution in [0.3, 0.4) is 0 Å². The molecule has 0 atom stereocenters. The number of halogens is 1. The largest absolute Gasteiger partial charge is 0.495 e. The molecule has 0 aliphatic carbocycles. The van der Waals surface area contributed by atoms with Crippen LogP contribution < -0.4 is 4.74 Å². The summed E-state index contributed by atoms with van der Waals surface area (Å²) in [5, 5.41) is 9.14. The van der Waals surface area contributed by atoms with Gasteiger partial charge in [0.15, 0.2) is 0 Å². The van der Waals surface area contributed by atoms with Crippen molar-refractivity contribution in [2.75, 3.05) is 7.11 Å². The summed E-state index contributed by atoms with van der Waals surface area (Å²) in [5.74, 6) is -0.217. The zero-order chi connectivity index (χ0) is 11.4. The number of benzene rings is 1. The van der Waals surface area contributed by atoms with Gasteiger partial charge < -0.3 is 9.84 Å². The van der Waals surface area contributed by atoms with Crippen molar-refractivity contribution in [3.8, 4) is 5.75 Å². The van der Waals surface area contributed by atoms with Gasteiger partial charge in [0.2, 0.25) is 0 Å². The second-order valence-electron chi connectivity index (χ2n) is 3.31. The molecule has 1 N–H and O–H groups in total. The van der Waals surface area contributed by atoms with Crippen LogP contribution in [0.4, 0.5) is 0 Å². The molecule has 0 unspecified atom stereocenters. The van der Waals surface area contributed by atoms with E-state index >= 15 is 0 Å². The summed E-state index contributed by atoms with van der Waals surface area (Å²) in [7, 11) is 1.54. The summed E-state index contributed by atoms with van der Waals surface area (Å²) in [4.78, 5) is 10.4. The van der Waals surface area contributed by atoms with E-state index in [0.717, 1.165) is 11.1 Å². The number of carbonyl (C=O) groups is 1. The van der Waals surface area contributed by atoms with E-state index < -0.39 is 5.97 Å². The summed E-state index contributed by atoms with van der Waals surface area (Å²) >= 11 is 5.92. The monoisotopic (exact) mass is 228 g/mol. The van der Waals surface area contributed by atoms with Gasteiger partial charge in [-0.05, 0) is 36.6 Å². The smallest absolute Gasteiger partial charge is 0.303 e. The fourth-order valence-corrected chi connectivity index (χ4v) is 1.66. The van der Waals surface area contributed by atoms with Crippen molar-refractivity contribution in [3.05, 3.63) is 28.3 Å². The number of ether oxygens (including phenoxy) is 1. The molecule has 3 nitrogen and oxygen atoms in total. The number of hydrogen-bond donors (Lipinski definition) is 1. The maximum atomic E-state index is 10.4. The molecule has 0 aromatic heterocycles. The second kappa shape index (κ2) is 5.03. The second-order valence-corrected chi connectivity index (χ2v) is 3.71. The summed E-state index contributed by atoms with van der Waals surface area (Å²) in [6.45, 7) is 1.91. The fourth-order valence-electron chi connectivity index (χ4n) is 1.36. The lowest BCUT2D eigenvalue weighted by atomic mass is 10.0. The van der Waals surface area contributed by atoms with Gasteiger partial charge in [-0.1, -0.05) is 11.6 Å². The minimum Gasteiger partial charge on any atom is -0.495 e. The quantitative estimate of drug-likeness (QED) is 0.862. The number of aliphatic carboxylic acids is 1. The zero-order valence-electron chi connectivity index (χ0n) is 8.71. The van der Waals surface area contributed by atoms with Crippen LogP contribution in [0.2, 0.25) is 5.02 Å². The van der Waals surface area contributed by atoms with Crippen LogP contribution >= 0.6 is 11.6 Å². The topological polar surface area (TPSA) is 46.5 Å². The molecule has 0 saturated carbocycles. The minimum atomic E-state index is -0.802. The molecule has 0 amide bonds. The Hall–Kier alpha value is -1.22. The number of hydrogen-bond acceptors (Lipinski definition) is 2. The molecule has 0 bridgehead atoms. The molecule has 0 aliphatic heterocycles. The van der Waals surface area contributed by atoms with Crippen molar-refractivity contribution in [2.24, 2.45) is 0 Å². The van der Waals surface area contributed by atoms with Crippen LogP contribution in [-0.4, -0.2) is 18.2 Å². The molecule has 1 aromatic rings. The Labute approximate surface area is 93.6 Å². The van der Waals surface area contributed by atoms with E-state index in [1.165, 1.54) is 7.11 Å². The first-order chi connectivity index (χ1) is 7.04. The Kier molecular flexibility index (Phi) is 3.97. The first-order valence-corrected chi connectivity index (χ1v) is 4.97. The third-order valence-electron chi connectivity index (χ3n) is 2.22. The first kappa shape index (κ1) is 11.9. The molecule has 0 aliphatic rings. The van der Waals surface area contributed by atoms with Gasteiger partial charge in [0.25, 0.3) is 0 Å². The lowest BCUT2D eigenvalue weighted by molar-refractivity contribution is -0.136. The van der Waals surface area contributed by atoms with Crippen LogP contribution in [-0.2, 0) is 11.2 Å². The number of carboxylic acids is 1. The van der Waals surface area contributed by atoms with Gasteiger partial charge in [0.05, 0.1) is 12.1 Å². The van der Waals surface area contributed by atoms with Gasteiger partial charge in [-0.15, -0.1) is 0 Å². The molecule has 0 heterocycles. The molecule has 15 heavy (non-hydrogen) atoms. The first-order valence-electron chi connectivity index (χ1n) is 4.59. The SMILES string of the molecule is COc1cc(CCC(=O)O)c(C)cc1Cl. The highest BCUT2D eigenvalue weighted by Gasteiger charge is 2.07. The van der Waals surface area contributed by atoms with Gasteiger partial charge >= 0.3 is 5.97 Å². The maximum absolute atomic E-state index is 10.4. The molecule has 0 spiro atoms. The predicted molar refractivity (Wildman–Crippen MR) is 58.7 cm³/mol. The van der Waals surface area contributed by atoms with E-state index in [-0.39, 0.29) is 6.42 Å². The van der Waals surface area contributed by atoms with E-state index in [1.54, 1.807) is 12.1 Å². The minimum absolute atomic E-state index is 0.117. The third kappa shape index (κ3) is 3.13. The molecule has 82 valence electrons. The van der Waals surface area contributed by atoms with Crippen LogP contribution in [0.1, 0.15) is 17.5 Å². The van der Waals surface area contributed by atoms with Gasteiger partial charge in [0, 0.05) is 6.42 Å². The molecule has 4 heteroatoms. The number of aryl methyl sites for hydroxylation is 2. The molecular formula is C11H13ClO3. The van der Waals surface area contributed by atoms with Crippen molar-refractivity contribution < 1.29 is 14.6 Å². The summed E-state index contributed by atoms with van der Waals surface area (Å²) in [6, 6.07) is 3.58. The average molecular weight is 229 g/mol. The van der Waals surface area contributed by atoms with E-state index in [0.29, 0.717) is 17.2 Å². The van der Waals surface area contributed by atoms with E-state index in [1.807, 2.05) is 6.92 Å².